The average Bonchev–Trinajstić information content (AvgIpc) is 2.65. The van der Waals surface area contributed by atoms with Crippen LogP contribution in [0, 0.1) is 0 Å². The third kappa shape index (κ3) is 2.84. The van der Waals surface area contributed by atoms with Crippen molar-refractivity contribution in [1.82, 2.24) is 15.5 Å². The molecule has 0 bridgehead atoms. The van der Waals surface area contributed by atoms with E-state index in [1.807, 2.05) is 0 Å². The molecule has 0 aliphatic carbocycles. The number of nitrogens with two attached hydrogens (primary N) is 1. The molecule has 82 valence electrons. The summed E-state index contributed by atoms with van der Waals surface area (Å²) in [4.78, 5) is 0. The van der Waals surface area contributed by atoms with Crippen molar-refractivity contribution in [3.05, 3.63) is 21.7 Å². The van der Waals surface area contributed by atoms with Gasteiger partial charge >= 0.3 is 0 Å². The fourth-order valence-electron chi connectivity index (χ4n) is 1.64. The summed E-state index contributed by atoms with van der Waals surface area (Å²) in [5, 5.41) is 13.8. The van der Waals surface area contributed by atoms with Gasteiger partial charge in [0.25, 0.3) is 0 Å². The van der Waals surface area contributed by atoms with E-state index in [1.165, 1.54) is 5.57 Å². The van der Waals surface area contributed by atoms with Crippen LogP contribution < -0.4 is 11.1 Å². The van der Waals surface area contributed by atoms with Gasteiger partial charge < -0.3 is 11.1 Å². The topological polar surface area (TPSA) is 63.8 Å². The quantitative estimate of drug-likeness (QED) is 0.734. The zero-order chi connectivity index (χ0) is 10.7. The zero-order valence-corrected chi connectivity index (χ0v) is 9.68. The van der Waals surface area contributed by atoms with Crippen molar-refractivity contribution in [2.45, 2.75) is 25.8 Å². The van der Waals surface area contributed by atoms with E-state index in [4.69, 9.17) is 5.73 Å². The highest BCUT2D eigenvalue weighted by atomic mass is 32.1. The number of nitrogens with zero attached hydrogens (tertiary/aromatic N) is 2. The lowest BCUT2D eigenvalue weighted by Crippen LogP contribution is -2.38. The summed E-state index contributed by atoms with van der Waals surface area (Å²) >= 11 is 1.70. The lowest BCUT2D eigenvalue weighted by Gasteiger charge is -2.18. The van der Waals surface area contributed by atoms with Crippen LogP contribution in [0.4, 0.5) is 0 Å². The first-order valence-electron chi connectivity index (χ1n) is 5.25. The molecule has 15 heavy (non-hydrogen) atoms. The van der Waals surface area contributed by atoms with Crippen molar-refractivity contribution in [3.63, 3.8) is 0 Å². The molecule has 0 spiro atoms. The van der Waals surface area contributed by atoms with Crippen LogP contribution in [0.1, 0.15) is 16.9 Å². The predicted molar refractivity (Wildman–Crippen MR) is 61.9 cm³/mol. The van der Waals surface area contributed by atoms with Crippen LogP contribution in [0.15, 0.2) is 11.6 Å². The maximum absolute atomic E-state index is 5.84. The van der Waals surface area contributed by atoms with Crippen molar-refractivity contribution >= 4 is 11.3 Å². The van der Waals surface area contributed by atoms with Crippen LogP contribution in [-0.4, -0.2) is 29.3 Å². The Morgan fingerprint density at radius 3 is 3.00 bits per heavy atom. The highest BCUT2D eigenvalue weighted by Crippen LogP contribution is 2.15. The molecule has 3 N–H and O–H groups in total. The summed E-state index contributed by atoms with van der Waals surface area (Å²) in [6, 6.07) is 0.146. The van der Waals surface area contributed by atoms with Gasteiger partial charge in [0.1, 0.15) is 10.0 Å². The van der Waals surface area contributed by atoms with Gasteiger partial charge in [-0.3, -0.25) is 0 Å². The van der Waals surface area contributed by atoms with Crippen LogP contribution in [0.2, 0.25) is 0 Å². The molecule has 1 aliphatic heterocycles. The van der Waals surface area contributed by atoms with Crippen molar-refractivity contribution in [1.29, 1.82) is 0 Å². The summed E-state index contributed by atoms with van der Waals surface area (Å²) in [5.41, 5.74) is 7.17. The van der Waals surface area contributed by atoms with Gasteiger partial charge in [-0.1, -0.05) is 18.6 Å². The van der Waals surface area contributed by atoms with Gasteiger partial charge in [-0.05, 0) is 6.42 Å². The molecule has 2 rings (SSSR count). The minimum atomic E-state index is 0.146. The molecule has 5 heteroatoms. The Morgan fingerprint density at radius 1 is 1.53 bits per heavy atom. The lowest BCUT2D eigenvalue weighted by atomic mass is 10.1. The smallest absolute Gasteiger partial charge is 0.121 e. The minimum Gasteiger partial charge on any atom is -0.323 e. The van der Waals surface area contributed by atoms with Crippen molar-refractivity contribution in [2.75, 3.05) is 13.1 Å². The molecule has 0 saturated heterocycles. The summed E-state index contributed by atoms with van der Waals surface area (Å²) < 4.78 is 0. The lowest BCUT2D eigenvalue weighted by molar-refractivity contribution is 0.626. The largest absolute Gasteiger partial charge is 0.323 e. The Bertz CT molecular complexity index is 358. The van der Waals surface area contributed by atoms with E-state index in [0.717, 1.165) is 35.9 Å². The van der Waals surface area contributed by atoms with Crippen LogP contribution >= 0.6 is 11.3 Å². The van der Waals surface area contributed by atoms with Crippen molar-refractivity contribution in [2.24, 2.45) is 5.73 Å². The molecule has 0 amide bonds. The second kappa shape index (κ2) is 4.83. The molecular weight excluding hydrogens is 208 g/mol. The first-order chi connectivity index (χ1) is 7.28. The Balaban J connectivity index is 2.01. The Hall–Kier alpha value is -0.780. The van der Waals surface area contributed by atoms with Crippen molar-refractivity contribution in [3.8, 4) is 0 Å². The van der Waals surface area contributed by atoms with Gasteiger partial charge in [0.15, 0.2) is 0 Å². The zero-order valence-electron chi connectivity index (χ0n) is 8.86. The van der Waals surface area contributed by atoms with Gasteiger partial charge in [-0.15, -0.1) is 21.5 Å². The number of aryl methyl sites for hydroxylation is 1. The standard InChI is InChI=1S/C10H16N4S/c1-2-9-13-14-10(15-9)4-7-3-8(11)6-12-5-7/h3,8,12H,2,4-6,11H2,1H3. The van der Waals surface area contributed by atoms with Crippen LogP contribution in [0.25, 0.3) is 0 Å². The molecular formula is C10H16N4S. The fraction of sp³-hybridized carbons (Fsp3) is 0.600. The average molecular weight is 224 g/mol. The molecule has 0 aromatic carbocycles. The molecule has 1 atom stereocenters. The van der Waals surface area contributed by atoms with E-state index < -0.39 is 0 Å². The van der Waals surface area contributed by atoms with Gasteiger partial charge in [0, 0.05) is 25.6 Å². The van der Waals surface area contributed by atoms with Gasteiger partial charge in [0.05, 0.1) is 0 Å². The molecule has 1 aliphatic rings. The Morgan fingerprint density at radius 2 is 2.33 bits per heavy atom. The Kier molecular flexibility index (Phi) is 3.45. The Labute approximate surface area is 93.6 Å². The minimum absolute atomic E-state index is 0.146. The van der Waals surface area contributed by atoms with Crippen LogP contribution in [0.5, 0.6) is 0 Å². The van der Waals surface area contributed by atoms with Gasteiger partial charge in [0.2, 0.25) is 0 Å². The van der Waals surface area contributed by atoms with Crippen LogP contribution in [0.3, 0.4) is 0 Å². The van der Waals surface area contributed by atoms with E-state index in [1.54, 1.807) is 11.3 Å². The molecule has 4 nitrogen and oxygen atoms in total. The van der Waals surface area contributed by atoms with E-state index >= 15 is 0 Å². The maximum atomic E-state index is 5.84. The molecule has 1 aromatic rings. The summed E-state index contributed by atoms with van der Waals surface area (Å²) in [6.45, 7) is 3.90. The highest BCUT2D eigenvalue weighted by molar-refractivity contribution is 7.11. The monoisotopic (exact) mass is 224 g/mol. The predicted octanol–water partition coefficient (Wildman–Crippen LogP) is 0.500. The molecule has 0 saturated carbocycles. The maximum Gasteiger partial charge on any atom is 0.121 e. The highest BCUT2D eigenvalue weighted by Gasteiger charge is 2.11. The molecule has 2 heterocycles. The summed E-state index contributed by atoms with van der Waals surface area (Å²) in [7, 11) is 0. The first-order valence-corrected chi connectivity index (χ1v) is 6.06. The van der Waals surface area contributed by atoms with E-state index in [-0.39, 0.29) is 6.04 Å². The third-order valence-electron chi connectivity index (χ3n) is 2.37. The second-order valence-electron chi connectivity index (χ2n) is 3.74. The number of rotatable bonds is 3. The van der Waals surface area contributed by atoms with E-state index in [9.17, 15) is 0 Å². The van der Waals surface area contributed by atoms with Crippen LogP contribution in [-0.2, 0) is 12.8 Å². The van der Waals surface area contributed by atoms with Gasteiger partial charge in [-0.2, -0.15) is 0 Å². The van der Waals surface area contributed by atoms with E-state index in [0.29, 0.717) is 0 Å². The molecule has 0 radical (unpaired) electrons. The molecule has 0 fully saturated rings. The van der Waals surface area contributed by atoms with E-state index in [2.05, 4.69) is 28.5 Å². The number of aromatic nitrogens is 2. The normalized spacial score (nSPS) is 21.5. The first kappa shape index (κ1) is 10.7. The van der Waals surface area contributed by atoms with Gasteiger partial charge in [-0.25, -0.2) is 0 Å². The number of nitrogens with one attached hydrogen (secondary N) is 1. The number of hydrogen-bond donors (Lipinski definition) is 2. The second-order valence-corrected chi connectivity index (χ2v) is 4.89. The summed E-state index contributed by atoms with van der Waals surface area (Å²) in [5.74, 6) is 0. The number of hydrogen-bond acceptors (Lipinski definition) is 5. The SMILES string of the molecule is CCc1nnc(CC2=CC(N)CNC2)s1. The third-order valence-corrected chi connectivity index (χ3v) is 3.44. The van der Waals surface area contributed by atoms with Crippen molar-refractivity contribution < 1.29 is 0 Å². The fourth-order valence-corrected chi connectivity index (χ4v) is 2.48. The summed E-state index contributed by atoms with van der Waals surface area (Å²) in [6.07, 6.45) is 4.00. The molecule has 1 aromatic heterocycles. The molecule has 1 unspecified atom stereocenters.